The molecule has 3 rings (SSSR count). The molecule has 0 aromatic heterocycles. The van der Waals surface area contributed by atoms with Crippen LogP contribution in [0.1, 0.15) is 0 Å². The van der Waals surface area contributed by atoms with E-state index in [1.54, 1.807) is 0 Å². The largest absolute Gasteiger partial charge is 0.261 e. The third-order valence-electron chi connectivity index (χ3n) is 2.12. The Morgan fingerprint density at radius 3 is 3.20 bits per heavy atom. The third kappa shape index (κ3) is 0.328. The lowest BCUT2D eigenvalue weighted by atomic mass is 10.1. The van der Waals surface area contributed by atoms with Crippen molar-refractivity contribution in [2.75, 3.05) is 0 Å². The highest BCUT2D eigenvalue weighted by Crippen LogP contribution is 2.33. The van der Waals surface area contributed by atoms with Crippen LogP contribution < -0.4 is 0 Å². The Morgan fingerprint density at radius 2 is 2.20 bits per heavy atom. The molecule has 0 amide bonds. The topological polar surface area (TPSA) is 15.6 Å². The van der Waals surface area contributed by atoms with Gasteiger partial charge in [-0.15, -0.1) is 0 Å². The molecule has 1 aliphatic carbocycles. The van der Waals surface area contributed by atoms with Crippen LogP contribution in [0.4, 0.5) is 0 Å². The zero-order valence-corrected chi connectivity index (χ0v) is 5.36. The Bertz CT molecular complexity index is 277. The maximum atomic E-state index is 4.19. The normalized spacial score (nSPS) is 31.2. The minimum atomic E-state index is 0.444. The van der Waals surface area contributed by atoms with E-state index in [0.717, 1.165) is 0 Å². The molecule has 2 heteroatoms. The van der Waals surface area contributed by atoms with Gasteiger partial charge in [-0.25, -0.2) is 0 Å². The van der Waals surface area contributed by atoms with E-state index in [1.165, 1.54) is 11.1 Å². The summed E-state index contributed by atoms with van der Waals surface area (Å²) in [6.07, 6.45) is 10.4. The van der Waals surface area contributed by atoms with Crippen LogP contribution in [-0.4, -0.2) is 17.3 Å². The van der Waals surface area contributed by atoms with E-state index in [4.69, 9.17) is 0 Å². The van der Waals surface area contributed by atoms with Gasteiger partial charge in [0.25, 0.3) is 0 Å². The fourth-order valence-electron chi connectivity index (χ4n) is 1.62. The molecule has 0 saturated heterocycles. The van der Waals surface area contributed by atoms with E-state index < -0.39 is 0 Å². The van der Waals surface area contributed by atoms with Gasteiger partial charge in [-0.05, 0) is 11.6 Å². The van der Waals surface area contributed by atoms with Crippen molar-refractivity contribution in [3.8, 4) is 0 Å². The average Bonchev–Trinajstić information content (AvgIpc) is 2.56. The first-order chi connectivity index (χ1) is 4.95. The fraction of sp³-hybridized carbons (Fsp3) is 0.125. The molecule has 0 radical (unpaired) electrons. The van der Waals surface area contributed by atoms with Crippen molar-refractivity contribution >= 4 is 6.21 Å². The van der Waals surface area contributed by atoms with Gasteiger partial charge >= 0.3 is 0 Å². The zero-order valence-electron chi connectivity index (χ0n) is 5.36. The SMILES string of the molecule is C1=CN2N=CC3=CC=C1C32. The van der Waals surface area contributed by atoms with Gasteiger partial charge in [0.2, 0.25) is 0 Å². The molecule has 0 aromatic rings. The Morgan fingerprint density at radius 1 is 1.30 bits per heavy atom. The lowest BCUT2D eigenvalue weighted by Gasteiger charge is -2.11. The molecule has 0 N–H and O–H groups in total. The Labute approximate surface area is 58.8 Å². The molecule has 0 aromatic carbocycles. The molecule has 0 saturated carbocycles. The summed E-state index contributed by atoms with van der Waals surface area (Å²) in [6.45, 7) is 0. The van der Waals surface area contributed by atoms with Crippen molar-refractivity contribution in [2.24, 2.45) is 5.10 Å². The molecule has 48 valence electrons. The van der Waals surface area contributed by atoms with Crippen LogP contribution >= 0.6 is 0 Å². The summed E-state index contributed by atoms with van der Waals surface area (Å²) in [4.78, 5) is 0. The second kappa shape index (κ2) is 1.24. The Balaban J connectivity index is 2.26. The highest BCUT2D eigenvalue weighted by molar-refractivity contribution is 5.86. The van der Waals surface area contributed by atoms with E-state index >= 15 is 0 Å². The van der Waals surface area contributed by atoms with Crippen molar-refractivity contribution in [2.45, 2.75) is 6.04 Å². The predicted molar refractivity (Wildman–Crippen MR) is 39.4 cm³/mol. The highest BCUT2D eigenvalue weighted by Gasteiger charge is 2.32. The van der Waals surface area contributed by atoms with E-state index in [9.17, 15) is 0 Å². The minimum Gasteiger partial charge on any atom is -0.261 e. The molecule has 0 fully saturated rings. The van der Waals surface area contributed by atoms with Gasteiger partial charge < -0.3 is 0 Å². The summed E-state index contributed by atoms with van der Waals surface area (Å²) in [6, 6.07) is 0.444. The summed E-state index contributed by atoms with van der Waals surface area (Å²) in [7, 11) is 0. The third-order valence-corrected chi connectivity index (χ3v) is 2.12. The van der Waals surface area contributed by atoms with Crippen LogP contribution in [0.3, 0.4) is 0 Å². The number of hydrazone groups is 1. The number of hydrogen-bond acceptors (Lipinski definition) is 2. The number of nitrogens with zero attached hydrogens (tertiary/aromatic N) is 2. The monoisotopic (exact) mass is 130 g/mol. The second-order valence-corrected chi connectivity index (χ2v) is 2.68. The first-order valence-electron chi connectivity index (χ1n) is 3.37. The van der Waals surface area contributed by atoms with Crippen LogP contribution in [0.25, 0.3) is 0 Å². The molecule has 2 heterocycles. The summed E-state index contributed by atoms with van der Waals surface area (Å²) in [5.74, 6) is 0. The van der Waals surface area contributed by atoms with E-state index in [1.807, 2.05) is 17.4 Å². The van der Waals surface area contributed by atoms with Crippen LogP contribution in [0.5, 0.6) is 0 Å². The molecule has 1 atom stereocenters. The van der Waals surface area contributed by atoms with E-state index in [-0.39, 0.29) is 0 Å². The summed E-state index contributed by atoms with van der Waals surface area (Å²) in [5, 5.41) is 6.18. The smallest absolute Gasteiger partial charge is 0.103 e. The zero-order chi connectivity index (χ0) is 6.55. The Hall–Kier alpha value is -1.31. The van der Waals surface area contributed by atoms with Crippen LogP contribution in [0.15, 0.2) is 40.7 Å². The minimum absolute atomic E-state index is 0.444. The second-order valence-electron chi connectivity index (χ2n) is 2.68. The average molecular weight is 130 g/mol. The lowest BCUT2D eigenvalue weighted by Crippen LogP contribution is -2.17. The van der Waals surface area contributed by atoms with Crippen LogP contribution in [-0.2, 0) is 0 Å². The maximum Gasteiger partial charge on any atom is 0.103 e. The summed E-state index contributed by atoms with van der Waals surface area (Å²) in [5.41, 5.74) is 2.69. The van der Waals surface area contributed by atoms with Crippen molar-refractivity contribution < 1.29 is 0 Å². The predicted octanol–water partition coefficient (Wildman–Crippen LogP) is 1.05. The molecular formula is C8H6N2. The van der Waals surface area contributed by atoms with Crippen molar-refractivity contribution in [3.63, 3.8) is 0 Å². The number of allylic oxidation sites excluding steroid dienone is 2. The highest BCUT2D eigenvalue weighted by atomic mass is 15.5. The van der Waals surface area contributed by atoms with Crippen molar-refractivity contribution in [1.82, 2.24) is 5.01 Å². The van der Waals surface area contributed by atoms with Gasteiger partial charge in [-0.3, -0.25) is 5.01 Å². The quantitative estimate of drug-likeness (QED) is 0.478. The number of rotatable bonds is 0. The fourth-order valence-corrected chi connectivity index (χ4v) is 1.62. The summed E-state index contributed by atoms with van der Waals surface area (Å²) >= 11 is 0. The maximum absolute atomic E-state index is 4.19. The van der Waals surface area contributed by atoms with Crippen molar-refractivity contribution in [3.05, 3.63) is 35.6 Å². The number of hydrogen-bond donors (Lipinski definition) is 0. The molecule has 0 bridgehead atoms. The van der Waals surface area contributed by atoms with Gasteiger partial charge in [0, 0.05) is 11.8 Å². The summed E-state index contributed by atoms with van der Waals surface area (Å²) < 4.78 is 0. The lowest BCUT2D eigenvalue weighted by molar-refractivity contribution is 0.411. The van der Waals surface area contributed by atoms with Gasteiger partial charge in [-0.1, -0.05) is 12.2 Å². The van der Waals surface area contributed by atoms with E-state index in [2.05, 4.69) is 23.3 Å². The van der Waals surface area contributed by atoms with Crippen molar-refractivity contribution in [1.29, 1.82) is 0 Å². The molecule has 2 aliphatic heterocycles. The van der Waals surface area contributed by atoms with Gasteiger partial charge in [0.05, 0.1) is 6.21 Å². The molecular weight excluding hydrogens is 124 g/mol. The molecule has 10 heavy (non-hydrogen) atoms. The molecule has 3 aliphatic rings. The van der Waals surface area contributed by atoms with Gasteiger partial charge in [0.1, 0.15) is 6.04 Å². The molecule has 2 nitrogen and oxygen atoms in total. The molecule has 1 unspecified atom stereocenters. The van der Waals surface area contributed by atoms with Crippen LogP contribution in [0.2, 0.25) is 0 Å². The Kier molecular flexibility index (Phi) is 0.556. The molecule has 0 spiro atoms. The first-order valence-corrected chi connectivity index (χ1v) is 3.37. The first kappa shape index (κ1) is 4.50. The van der Waals surface area contributed by atoms with Gasteiger partial charge in [0.15, 0.2) is 0 Å². The van der Waals surface area contributed by atoms with E-state index in [0.29, 0.717) is 6.04 Å². The van der Waals surface area contributed by atoms with Gasteiger partial charge in [-0.2, -0.15) is 5.10 Å². The van der Waals surface area contributed by atoms with Crippen LogP contribution in [0, 0.1) is 0 Å². The standard InChI is InChI=1S/C8H6N2/c1-2-7-5-9-10-4-3-6(1)8(7)10/h1-5,8H.